The lowest BCUT2D eigenvalue weighted by Crippen LogP contribution is -2.49. The zero-order valence-corrected chi connectivity index (χ0v) is 42.4. The molecule has 3 heteroatoms. The van der Waals surface area contributed by atoms with Crippen molar-refractivity contribution in [1.82, 2.24) is 0 Å². The Labute approximate surface area is 386 Å². The van der Waals surface area contributed by atoms with E-state index in [4.69, 9.17) is 0 Å². The summed E-state index contributed by atoms with van der Waals surface area (Å²) in [5.74, 6) is 1.95. The molecule has 3 aliphatic rings. The van der Waals surface area contributed by atoms with E-state index in [-0.39, 0.29) is 23.4 Å². The Morgan fingerprint density at radius 2 is 1.10 bits per heavy atom. The molecule has 0 radical (unpaired) electrons. The lowest BCUT2D eigenvalue weighted by atomic mass is 9.56. The van der Waals surface area contributed by atoms with Crippen LogP contribution in [-0.4, -0.2) is 22.8 Å². The van der Waals surface area contributed by atoms with E-state index in [2.05, 4.69) is 60.3 Å². The SMILES string of the molecule is C=C1CC[C@H](O)C/C1=C\C=C1/CCC[C@]2(C)[C@H]1CC(C(=O)CCCCCCCCCCCCCCC)(C(=O)CCCCCCCCCCCCCCC)[C@@H]2[C@H](C)CCCC(C)C. The molecule has 0 aromatic heterocycles. The average molecular weight is 861 g/mol. The first-order valence-electron chi connectivity index (χ1n) is 27.8. The van der Waals surface area contributed by atoms with Crippen molar-refractivity contribution < 1.29 is 14.7 Å². The third-order valence-corrected chi connectivity index (χ3v) is 16.4. The van der Waals surface area contributed by atoms with Crippen LogP contribution < -0.4 is 0 Å². The van der Waals surface area contributed by atoms with Crippen molar-refractivity contribution in [2.24, 2.45) is 34.5 Å². The largest absolute Gasteiger partial charge is 0.393 e. The Morgan fingerprint density at radius 3 is 1.55 bits per heavy atom. The maximum Gasteiger partial charge on any atom is 0.146 e. The van der Waals surface area contributed by atoms with Gasteiger partial charge in [-0.15, -0.1) is 0 Å². The van der Waals surface area contributed by atoms with Gasteiger partial charge >= 0.3 is 0 Å². The van der Waals surface area contributed by atoms with Gasteiger partial charge in [-0.25, -0.2) is 0 Å². The first-order valence-corrected chi connectivity index (χ1v) is 27.8. The second kappa shape index (κ2) is 31.4. The molecule has 0 spiro atoms. The maximum atomic E-state index is 15.3. The van der Waals surface area contributed by atoms with Gasteiger partial charge in [-0.3, -0.25) is 9.59 Å². The van der Waals surface area contributed by atoms with Gasteiger partial charge in [-0.2, -0.15) is 0 Å². The van der Waals surface area contributed by atoms with Crippen molar-refractivity contribution in [3.63, 3.8) is 0 Å². The Hall–Kier alpha value is -1.48. The van der Waals surface area contributed by atoms with Gasteiger partial charge in [0.05, 0.1) is 11.5 Å². The molecule has 0 saturated heterocycles. The number of aliphatic hydroxyl groups is 1. The molecule has 3 aliphatic carbocycles. The van der Waals surface area contributed by atoms with E-state index in [1.807, 2.05) is 0 Å². The molecule has 0 aromatic rings. The lowest BCUT2D eigenvalue weighted by molar-refractivity contribution is -0.147. The zero-order chi connectivity index (χ0) is 45.1. The molecule has 0 amide bonds. The summed E-state index contributed by atoms with van der Waals surface area (Å²) in [4.78, 5) is 30.7. The Bertz CT molecular complexity index is 1260. The highest BCUT2D eigenvalue weighted by Crippen LogP contribution is 2.68. The molecular weight excluding hydrogens is 757 g/mol. The molecule has 0 aromatic carbocycles. The molecular formula is C59H104O3. The molecule has 358 valence electrons. The summed E-state index contributed by atoms with van der Waals surface area (Å²) >= 11 is 0. The third kappa shape index (κ3) is 18.4. The van der Waals surface area contributed by atoms with Crippen molar-refractivity contribution in [3.05, 3.63) is 35.5 Å². The number of unbranched alkanes of at least 4 members (excludes halogenated alkanes) is 24. The molecule has 5 atom stereocenters. The van der Waals surface area contributed by atoms with E-state index in [1.54, 1.807) is 0 Å². The van der Waals surface area contributed by atoms with Gasteiger partial charge in [0, 0.05) is 12.8 Å². The van der Waals surface area contributed by atoms with Crippen LogP contribution in [0.25, 0.3) is 0 Å². The minimum Gasteiger partial charge on any atom is -0.393 e. The molecule has 3 rings (SSSR count). The second-order valence-electron chi connectivity index (χ2n) is 22.1. The number of fused-ring (bicyclic) bond motifs is 1. The standard InChI is InChI=1S/C59H104O3/c1-8-10-12-14-16-18-20-22-24-26-28-30-32-39-55(61)59(56(62)40-33-31-29-27-25-23-21-19-17-15-13-11-9-2)47-54-51(42-43-52-46-53(60)44-41-49(52)5)38-35-45-58(54,7)57(59)50(6)37-34-36-48(3)4/h42-43,48,50,53-54,57,60H,5,8-41,44-47H2,1-4,6-7H3/b51-42+,52-43+/t50-,53+,54+,57-,58-/m1/s1. The van der Waals surface area contributed by atoms with Gasteiger partial charge in [0.15, 0.2) is 0 Å². The van der Waals surface area contributed by atoms with Gasteiger partial charge in [0.25, 0.3) is 0 Å². The monoisotopic (exact) mass is 861 g/mol. The Kier molecular flexibility index (Phi) is 27.8. The number of carbonyl (C=O) groups is 2. The highest BCUT2D eigenvalue weighted by atomic mass is 16.3. The molecule has 0 unspecified atom stereocenters. The molecule has 1 N–H and O–H groups in total. The van der Waals surface area contributed by atoms with Crippen LogP contribution in [-0.2, 0) is 9.59 Å². The van der Waals surface area contributed by atoms with E-state index in [0.29, 0.717) is 42.7 Å². The number of allylic oxidation sites excluding steroid dienone is 4. The van der Waals surface area contributed by atoms with Crippen molar-refractivity contribution in [1.29, 1.82) is 0 Å². The van der Waals surface area contributed by atoms with Crippen molar-refractivity contribution in [2.45, 2.75) is 292 Å². The molecule has 0 aliphatic heterocycles. The van der Waals surface area contributed by atoms with Crippen LogP contribution in [0.4, 0.5) is 0 Å². The second-order valence-corrected chi connectivity index (χ2v) is 22.1. The molecule has 0 bridgehead atoms. The quantitative estimate of drug-likeness (QED) is 0.0504. The third-order valence-electron chi connectivity index (χ3n) is 16.4. The fourth-order valence-corrected chi connectivity index (χ4v) is 12.7. The highest BCUT2D eigenvalue weighted by Gasteiger charge is 2.67. The number of ketones is 2. The van der Waals surface area contributed by atoms with Crippen molar-refractivity contribution in [3.8, 4) is 0 Å². The van der Waals surface area contributed by atoms with Gasteiger partial charge in [-0.1, -0.05) is 245 Å². The highest BCUT2D eigenvalue weighted by molar-refractivity contribution is 6.08. The van der Waals surface area contributed by atoms with E-state index in [1.165, 1.54) is 165 Å². The summed E-state index contributed by atoms with van der Waals surface area (Å²) in [7, 11) is 0. The van der Waals surface area contributed by atoms with Crippen LogP contribution in [0.3, 0.4) is 0 Å². The van der Waals surface area contributed by atoms with Crippen LogP contribution in [0.2, 0.25) is 0 Å². The Morgan fingerprint density at radius 1 is 0.645 bits per heavy atom. The number of aliphatic hydroxyl groups excluding tert-OH is 1. The van der Waals surface area contributed by atoms with E-state index < -0.39 is 5.41 Å². The van der Waals surface area contributed by atoms with Crippen molar-refractivity contribution >= 4 is 11.6 Å². The Balaban J connectivity index is 1.76. The van der Waals surface area contributed by atoms with E-state index in [9.17, 15) is 5.11 Å². The van der Waals surface area contributed by atoms with Gasteiger partial charge in [0.1, 0.15) is 11.6 Å². The number of rotatable bonds is 36. The number of hydrogen-bond donors (Lipinski definition) is 1. The minimum atomic E-state index is -0.869. The number of hydrogen-bond acceptors (Lipinski definition) is 3. The van der Waals surface area contributed by atoms with Gasteiger partial charge < -0.3 is 5.11 Å². The summed E-state index contributed by atoms with van der Waals surface area (Å²) in [5, 5.41) is 10.5. The minimum absolute atomic E-state index is 0.0692. The normalized spacial score (nSPS) is 24.3. The van der Waals surface area contributed by atoms with Crippen molar-refractivity contribution in [2.75, 3.05) is 0 Å². The van der Waals surface area contributed by atoms with Crippen LogP contribution >= 0.6 is 0 Å². The van der Waals surface area contributed by atoms with E-state index >= 15 is 9.59 Å². The first-order chi connectivity index (χ1) is 30.0. The predicted molar refractivity (Wildman–Crippen MR) is 270 cm³/mol. The fourth-order valence-electron chi connectivity index (χ4n) is 12.7. The molecule has 3 fully saturated rings. The summed E-state index contributed by atoms with van der Waals surface area (Å²) in [5.41, 5.74) is 2.85. The van der Waals surface area contributed by atoms with E-state index in [0.717, 1.165) is 76.2 Å². The fraction of sp³-hybridized carbons (Fsp3) is 0.864. The van der Waals surface area contributed by atoms with Crippen LogP contribution in [0.15, 0.2) is 35.5 Å². The van der Waals surface area contributed by atoms with Crippen LogP contribution in [0.1, 0.15) is 286 Å². The predicted octanol–water partition coefficient (Wildman–Crippen LogP) is 18.3. The van der Waals surface area contributed by atoms with Crippen LogP contribution in [0.5, 0.6) is 0 Å². The van der Waals surface area contributed by atoms with Gasteiger partial charge in [0.2, 0.25) is 0 Å². The zero-order valence-electron chi connectivity index (χ0n) is 42.4. The smallest absolute Gasteiger partial charge is 0.146 e. The summed E-state index contributed by atoms with van der Waals surface area (Å²) in [6.45, 7) is 18.5. The lowest BCUT2D eigenvalue weighted by Gasteiger charge is -2.47. The molecule has 62 heavy (non-hydrogen) atoms. The first kappa shape index (κ1) is 54.9. The molecule has 0 heterocycles. The van der Waals surface area contributed by atoms with Crippen LogP contribution in [0, 0.1) is 34.5 Å². The van der Waals surface area contributed by atoms with Gasteiger partial charge in [-0.05, 0) is 92.4 Å². The average Bonchev–Trinajstić information content (AvgIpc) is 3.54. The summed E-state index contributed by atoms with van der Waals surface area (Å²) in [6, 6.07) is 0. The molecule has 3 saturated carbocycles. The maximum absolute atomic E-state index is 15.3. The summed E-state index contributed by atoms with van der Waals surface area (Å²) in [6.07, 6.45) is 49.0. The molecule has 3 nitrogen and oxygen atoms in total. The number of carbonyl (C=O) groups excluding carboxylic acids is 2. The topological polar surface area (TPSA) is 54.4 Å². The number of Topliss-reactive ketones (excluding diaryl/α,β-unsaturated/α-hetero) is 2. The summed E-state index contributed by atoms with van der Waals surface area (Å²) < 4.78 is 0.